The third-order valence-corrected chi connectivity index (χ3v) is 4.21. The number of hydrogen-bond acceptors (Lipinski definition) is 4. The average Bonchev–Trinajstić information content (AvgIpc) is 2.89. The Hall–Kier alpha value is -2.02. The van der Waals surface area contributed by atoms with Gasteiger partial charge in [0.05, 0.1) is 11.0 Å². The van der Waals surface area contributed by atoms with E-state index in [-0.39, 0.29) is 22.0 Å². The minimum absolute atomic E-state index is 0.000899. The zero-order valence-corrected chi connectivity index (χ0v) is 11.6. The Morgan fingerprint density at radius 2 is 2.05 bits per heavy atom. The third kappa shape index (κ3) is 2.36. The van der Waals surface area contributed by atoms with Gasteiger partial charge in [0.1, 0.15) is 0 Å². The Bertz CT molecular complexity index is 749. The molecule has 1 aliphatic heterocycles. The summed E-state index contributed by atoms with van der Waals surface area (Å²) < 4.78 is 0. The van der Waals surface area contributed by atoms with Gasteiger partial charge in [0.25, 0.3) is 0 Å². The SMILES string of the molecule is CC(=O)SC1CC(=O)N(c2ccc3[nH]c(=O)[nH]c3c2)C1. The Balaban J connectivity index is 1.88. The molecule has 1 amide bonds. The van der Waals surface area contributed by atoms with E-state index in [9.17, 15) is 14.4 Å². The molecule has 7 heteroatoms. The minimum atomic E-state index is -0.269. The molecule has 1 unspecified atom stereocenters. The van der Waals surface area contributed by atoms with E-state index in [4.69, 9.17) is 0 Å². The maximum absolute atomic E-state index is 12.0. The van der Waals surface area contributed by atoms with Crippen LogP contribution < -0.4 is 10.6 Å². The highest BCUT2D eigenvalue weighted by atomic mass is 32.2. The van der Waals surface area contributed by atoms with Crippen molar-refractivity contribution in [3.05, 3.63) is 28.7 Å². The number of amides is 1. The van der Waals surface area contributed by atoms with E-state index >= 15 is 0 Å². The van der Waals surface area contributed by atoms with Gasteiger partial charge in [0.2, 0.25) is 5.91 Å². The molecule has 20 heavy (non-hydrogen) atoms. The van der Waals surface area contributed by atoms with Crippen molar-refractivity contribution < 1.29 is 9.59 Å². The molecule has 104 valence electrons. The Morgan fingerprint density at radius 1 is 1.30 bits per heavy atom. The number of H-pyrrole nitrogens is 2. The first-order valence-electron chi connectivity index (χ1n) is 6.22. The van der Waals surface area contributed by atoms with Gasteiger partial charge in [0.15, 0.2) is 5.12 Å². The first-order chi connectivity index (χ1) is 9.52. The number of fused-ring (bicyclic) bond motifs is 1. The zero-order valence-electron chi connectivity index (χ0n) is 10.8. The summed E-state index contributed by atoms with van der Waals surface area (Å²) in [7, 11) is 0. The van der Waals surface area contributed by atoms with Crippen LogP contribution in [-0.2, 0) is 9.59 Å². The summed E-state index contributed by atoms with van der Waals surface area (Å²) in [6, 6.07) is 5.33. The van der Waals surface area contributed by atoms with Gasteiger partial charge in [0, 0.05) is 30.8 Å². The van der Waals surface area contributed by atoms with Gasteiger partial charge in [-0.1, -0.05) is 11.8 Å². The van der Waals surface area contributed by atoms with E-state index < -0.39 is 0 Å². The lowest BCUT2D eigenvalue weighted by Crippen LogP contribution is -2.24. The Labute approximate surface area is 118 Å². The van der Waals surface area contributed by atoms with Crippen LogP contribution in [0.4, 0.5) is 5.69 Å². The van der Waals surface area contributed by atoms with Crippen molar-refractivity contribution in [2.75, 3.05) is 11.4 Å². The molecule has 2 heterocycles. The first kappa shape index (κ1) is 13.0. The number of aromatic nitrogens is 2. The van der Waals surface area contributed by atoms with Crippen molar-refractivity contribution in [2.24, 2.45) is 0 Å². The van der Waals surface area contributed by atoms with Gasteiger partial charge < -0.3 is 14.9 Å². The van der Waals surface area contributed by atoms with E-state index in [0.29, 0.717) is 24.0 Å². The van der Waals surface area contributed by atoms with Crippen molar-refractivity contribution in [3.8, 4) is 0 Å². The summed E-state index contributed by atoms with van der Waals surface area (Å²) in [4.78, 5) is 41.4. The number of anilines is 1. The van der Waals surface area contributed by atoms with Crippen LogP contribution in [0.15, 0.2) is 23.0 Å². The molecule has 1 aliphatic rings. The van der Waals surface area contributed by atoms with Crippen LogP contribution in [0.25, 0.3) is 11.0 Å². The van der Waals surface area contributed by atoms with Gasteiger partial charge in [-0.25, -0.2) is 4.79 Å². The number of hydrogen-bond donors (Lipinski definition) is 2. The second-order valence-electron chi connectivity index (χ2n) is 4.75. The molecular formula is C13H13N3O3S. The smallest absolute Gasteiger partial charge is 0.311 e. The van der Waals surface area contributed by atoms with Crippen molar-refractivity contribution in [3.63, 3.8) is 0 Å². The number of carbonyl (C=O) groups excluding carboxylic acids is 2. The van der Waals surface area contributed by atoms with Gasteiger partial charge >= 0.3 is 5.69 Å². The van der Waals surface area contributed by atoms with E-state index in [1.807, 2.05) is 0 Å². The quantitative estimate of drug-likeness (QED) is 0.871. The number of nitrogens with one attached hydrogen (secondary N) is 2. The third-order valence-electron chi connectivity index (χ3n) is 3.23. The van der Waals surface area contributed by atoms with Crippen molar-refractivity contribution in [1.29, 1.82) is 0 Å². The lowest BCUT2D eigenvalue weighted by molar-refractivity contribution is -0.117. The van der Waals surface area contributed by atoms with Gasteiger partial charge in [-0.15, -0.1) is 0 Å². The number of rotatable bonds is 2. The van der Waals surface area contributed by atoms with Gasteiger partial charge in [-0.2, -0.15) is 0 Å². The van der Waals surface area contributed by atoms with E-state index in [1.54, 1.807) is 23.1 Å². The molecule has 1 aromatic heterocycles. The van der Waals surface area contributed by atoms with E-state index in [1.165, 1.54) is 18.7 Å². The molecule has 0 spiro atoms. The highest BCUT2D eigenvalue weighted by Gasteiger charge is 2.31. The summed E-state index contributed by atoms with van der Waals surface area (Å²) in [6.07, 6.45) is 0.367. The second-order valence-corrected chi connectivity index (χ2v) is 6.23. The topological polar surface area (TPSA) is 86.0 Å². The minimum Gasteiger partial charge on any atom is -0.311 e. The summed E-state index contributed by atoms with van der Waals surface area (Å²) in [6.45, 7) is 2.03. The molecule has 6 nitrogen and oxygen atoms in total. The highest BCUT2D eigenvalue weighted by molar-refractivity contribution is 8.14. The number of aromatic amines is 2. The Morgan fingerprint density at radius 3 is 2.80 bits per heavy atom. The maximum atomic E-state index is 12.0. The number of imidazole rings is 1. The maximum Gasteiger partial charge on any atom is 0.323 e. The molecular weight excluding hydrogens is 278 g/mol. The van der Waals surface area contributed by atoms with Crippen LogP contribution in [-0.4, -0.2) is 32.8 Å². The summed E-state index contributed by atoms with van der Waals surface area (Å²) in [5.41, 5.74) is 1.85. The number of benzene rings is 1. The lowest BCUT2D eigenvalue weighted by atomic mass is 10.2. The lowest BCUT2D eigenvalue weighted by Gasteiger charge is -2.16. The fraction of sp³-hybridized carbons (Fsp3) is 0.308. The summed E-state index contributed by atoms with van der Waals surface area (Å²) >= 11 is 1.21. The molecule has 1 fully saturated rings. The number of carbonyl (C=O) groups is 2. The molecule has 1 saturated heterocycles. The number of thioether (sulfide) groups is 1. The van der Waals surface area contributed by atoms with Crippen molar-refractivity contribution in [1.82, 2.24) is 9.97 Å². The fourth-order valence-corrected chi connectivity index (χ4v) is 3.35. The van der Waals surface area contributed by atoms with E-state index in [2.05, 4.69) is 9.97 Å². The van der Waals surface area contributed by atoms with Gasteiger partial charge in [-0.3, -0.25) is 9.59 Å². The zero-order chi connectivity index (χ0) is 14.3. The largest absolute Gasteiger partial charge is 0.323 e. The van der Waals surface area contributed by atoms with Crippen LogP contribution in [0.5, 0.6) is 0 Å². The van der Waals surface area contributed by atoms with Gasteiger partial charge in [-0.05, 0) is 18.2 Å². The van der Waals surface area contributed by atoms with E-state index in [0.717, 1.165) is 5.69 Å². The van der Waals surface area contributed by atoms with Crippen molar-refractivity contribution >= 4 is 39.5 Å². The Kier molecular flexibility index (Phi) is 3.13. The molecule has 2 N–H and O–H groups in total. The molecule has 0 aliphatic carbocycles. The van der Waals surface area contributed by atoms with Crippen molar-refractivity contribution in [2.45, 2.75) is 18.6 Å². The average molecular weight is 291 g/mol. The molecule has 0 bridgehead atoms. The standard InChI is InChI=1S/C13H13N3O3S/c1-7(17)20-9-5-12(18)16(6-9)8-2-3-10-11(4-8)15-13(19)14-10/h2-4,9H,5-6H2,1H3,(H2,14,15,19). The monoisotopic (exact) mass is 291 g/mol. The molecule has 3 rings (SSSR count). The molecule has 1 atom stereocenters. The molecule has 1 aromatic carbocycles. The van der Waals surface area contributed by atoms with Crippen LogP contribution in [0.3, 0.4) is 0 Å². The van der Waals surface area contributed by atoms with Crippen LogP contribution in [0, 0.1) is 0 Å². The predicted molar refractivity (Wildman–Crippen MR) is 77.9 cm³/mol. The predicted octanol–water partition coefficient (Wildman–Crippen LogP) is 1.24. The molecule has 2 aromatic rings. The second kappa shape index (κ2) is 4.82. The van der Waals surface area contributed by atoms with Crippen LogP contribution in [0.2, 0.25) is 0 Å². The summed E-state index contributed by atoms with van der Waals surface area (Å²) in [5, 5.41) is 0.0241. The first-order valence-corrected chi connectivity index (χ1v) is 7.10. The molecule has 0 radical (unpaired) electrons. The normalized spacial score (nSPS) is 18.9. The number of nitrogens with zero attached hydrogens (tertiary/aromatic N) is 1. The van der Waals surface area contributed by atoms with Crippen LogP contribution in [0.1, 0.15) is 13.3 Å². The highest BCUT2D eigenvalue weighted by Crippen LogP contribution is 2.29. The van der Waals surface area contributed by atoms with Crippen LogP contribution >= 0.6 is 11.8 Å². The molecule has 0 saturated carbocycles. The fourth-order valence-electron chi connectivity index (χ4n) is 2.43. The summed E-state index contributed by atoms with van der Waals surface area (Å²) in [5.74, 6) is 0.000910.